The number of hydrogen-bond acceptors (Lipinski definition) is 2. The Labute approximate surface area is 94.2 Å². The maximum Gasteiger partial charge on any atom is 0.416 e. The van der Waals surface area contributed by atoms with Crippen LogP contribution in [0.2, 0.25) is 0 Å². The molecular formula is C11H6F4O2. The minimum absolute atomic E-state index is 0.247. The molecule has 0 N–H and O–H groups in total. The molecule has 0 spiro atoms. The van der Waals surface area contributed by atoms with Crippen LogP contribution in [0.1, 0.15) is 11.1 Å². The number of carbonyl (C=O) groups excluding carboxylic acids is 1. The maximum atomic E-state index is 12.9. The average molecular weight is 246 g/mol. The van der Waals surface area contributed by atoms with Crippen molar-refractivity contribution in [1.29, 1.82) is 0 Å². The van der Waals surface area contributed by atoms with Crippen molar-refractivity contribution in [1.82, 2.24) is 0 Å². The lowest BCUT2D eigenvalue weighted by atomic mass is 10.1. The van der Waals surface area contributed by atoms with E-state index in [0.717, 1.165) is 13.2 Å². The van der Waals surface area contributed by atoms with Gasteiger partial charge >= 0.3 is 12.1 Å². The first-order valence-corrected chi connectivity index (χ1v) is 4.30. The predicted octanol–water partition coefficient (Wildman–Crippen LogP) is 2.37. The molecule has 0 bridgehead atoms. The van der Waals surface area contributed by atoms with Crippen molar-refractivity contribution >= 4 is 5.97 Å². The van der Waals surface area contributed by atoms with Crippen molar-refractivity contribution in [3.63, 3.8) is 0 Å². The Morgan fingerprint density at radius 2 is 1.94 bits per heavy atom. The molecule has 0 unspecified atom stereocenters. The number of esters is 1. The third-order valence-corrected chi connectivity index (χ3v) is 1.72. The summed E-state index contributed by atoms with van der Waals surface area (Å²) in [4.78, 5) is 10.6. The number of hydrogen-bond donors (Lipinski definition) is 0. The van der Waals surface area contributed by atoms with Gasteiger partial charge in [-0.15, -0.1) is 0 Å². The van der Waals surface area contributed by atoms with Gasteiger partial charge in [0.25, 0.3) is 0 Å². The SMILES string of the molecule is COC(=O)C#Cc1cc(F)cc(C(F)(F)F)c1. The Morgan fingerprint density at radius 3 is 2.47 bits per heavy atom. The number of halogens is 4. The molecule has 0 radical (unpaired) electrons. The van der Waals surface area contributed by atoms with Gasteiger partial charge in [-0.3, -0.25) is 0 Å². The molecule has 0 aliphatic rings. The van der Waals surface area contributed by atoms with Crippen LogP contribution < -0.4 is 0 Å². The summed E-state index contributed by atoms with van der Waals surface area (Å²) in [6.07, 6.45) is -4.66. The van der Waals surface area contributed by atoms with E-state index in [9.17, 15) is 22.4 Å². The Balaban J connectivity index is 3.13. The van der Waals surface area contributed by atoms with E-state index in [0.29, 0.717) is 12.1 Å². The van der Waals surface area contributed by atoms with Gasteiger partial charge in [-0.1, -0.05) is 5.92 Å². The zero-order chi connectivity index (χ0) is 13.1. The Morgan fingerprint density at radius 1 is 1.29 bits per heavy atom. The molecule has 1 aromatic carbocycles. The van der Waals surface area contributed by atoms with Gasteiger partial charge in [0.05, 0.1) is 12.7 Å². The summed E-state index contributed by atoms with van der Waals surface area (Å²) in [5.41, 5.74) is -1.41. The fourth-order valence-corrected chi connectivity index (χ4v) is 1.000. The molecule has 6 heteroatoms. The number of carbonyl (C=O) groups is 1. The van der Waals surface area contributed by atoms with Gasteiger partial charge in [0.15, 0.2) is 0 Å². The van der Waals surface area contributed by atoms with E-state index in [1.165, 1.54) is 0 Å². The molecule has 90 valence electrons. The summed E-state index contributed by atoms with van der Waals surface area (Å²) in [7, 11) is 1.07. The van der Waals surface area contributed by atoms with Gasteiger partial charge in [0.1, 0.15) is 5.82 Å². The Hall–Kier alpha value is -2.03. The number of rotatable bonds is 0. The zero-order valence-corrected chi connectivity index (χ0v) is 8.56. The van der Waals surface area contributed by atoms with E-state index < -0.39 is 23.5 Å². The van der Waals surface area contributed by atoms with Crippen LogP contribution >= 0.6 is 0 Å². The van der Waals surface area contributed by atoms with Crippen molar-refractivity contribution in [3.05, 3.63) is 35.1 Å². The van der Waals surface area contributed by atoms with Crippen molar-refractivity contribution in [2.45, 2.75) is 6.18 Å². The molecule has 2 nitrogen and oxygen atoms in total. The summed E-state index contributed by atoms with van der Waals surface area (Å²) in [5, 5.41) is 0. The highest BCUT2D eigenvalue weighted by molar-refractivity contribution is 5.89. The lowest BCUT2D eigenvalue weighted by molar-refractivity contribution is -0.137. The van der Waals surface area contributed by atoms with Gasteiger partial charge in [-0.2, -0.15) is 13.2 Å². The minimum Gasteiger partial charge on any atom is -0.459 e. The predicted molar refractivity (Wildman–Crippen MR) is 50.3 cm³/mol. The first kappa shape index (κ1) is 13.0. The first-order chi connectivity index (χ1) is 7.82. The van der Waals surface area contributed by atoms with Crippen molar-refractivity contribution in [2.24, 2.45) is 0 Å². The van der Waals surface area contributed by atoms with Gasteiger partial charge < -0.3 is 4.74 Å². The molecule has 0 aliphatic heterocycles. The van der Waals surface area contributed by atoms with Crippen LogP contribution in [0.3, 0.4) is 0 Å². The van der Waals surface area contributed by atoms with Gasteiger partial charge in [0, 0.05) is 11.5 Å². The van der Waals surface area contributed by atoms with Crippen molar-refractivity contribution < 1.29 is 27.1 Å². The second-order valence-corrected chi connectivity index (χ2v) is 2.97. The lowest BCUT2D eigenvalue weighted by Gasteiger charge is -2.06. The quantitative estimate of drug-likeness (QED) is 0.399. The third kappa shape index (κ3) is 3.79. The fourth-order valence-electron chi connectivity index (χ4n) is 1.000. The normalized spacial score (nSPS) is 10.4. The molecule has 0 saturated carbocycles. The summed E-state index contributed by atoms with van der Waals surface area (Å²) in [6, 6.07) is 1.80. The summed E-state index contributed by atoms with van der Waals surface area (Å²) in [5.74, 6) is 2.00. The molecule has 17 heavy (non-hydrogen) atoms. The molecule has 0 aromatic heterocycles. The summed E-state index contributed by atoms with van der Waals surface area (Å²) < 4.78 is 54.0. The Kier molecular flexibility index (Phi) is 3.73. The lowest BCUT2D eigenvalue weighted by Crippen LogP contribution is -2.05. The molecule has 0 heterocycles. The van der Waals surface area contributed by atoms with Crippen LogP contribution in [0.15, 0.2) is 18.2 Å². The molecule has 1 rings (SSSR count). The van der Waals surface area contributed by atoms with E-state index in [-0.39, 0.29) is 5.56 Å². The molecule has 1 aromatic rings. The van der Waals surface area contributed by atoms with Crippen LogP contribution in [0.4, 0.5) is 17.6 Å². The van der Waals surface area contributed by atoms with E-state index in [1.54, 1.807) is 0 Å². The monoisotopic (exact) mass is 246 g/mol. The van der Waals surface area contributed by atoms with E-state index in [1.807, 2.05) is 5.92 Å². The van der Waals surface area contributed by atoms with E-state index in [2.05, 4.69) is 10.7 Å². The minimum atomic E-state index is -4.66. The molecular weight excluding hydrogens is 240 g/mol. The largest absolute Gasteiger partial charge is 0.459 e. The number of benzene rings is 1. The number of ether oxygens (including phenoxy) is 1. The second kappa shape index (κ2) is 4.87. The highest BCUT2D eigenvalue weighted by Crippen LogP contribution is 2.30. The fraction of sp³-hybridized carbons (Fsp3) is 0.182. The highest BCUT2D eigenvalue weighted by Gasteiger charge is 2.31. The average Bonchev–Trinajstić information content (AvgIpc) is 2.24. The van der Waals surface area contributed by atoms with Crippen LogP contribution in [0.5, 0.6) is 0 Å². The standard InChI is InChI=1S/C11H6F4O2/c1-17-10(16)3-2-7-4-8(11(13,14)15)6-9(12)5-7/h4-6H,1H3. The van der Waals surface area contributed by atoms with Crippen LogP contribution in [-0.2, 0) is 15.7 Å². The smallest absolute Gasteiger partial charge is 0.416 e. The third-order valence-electron chi connectivity index (χ3n) is 1.72. The molecule has 0 aliphatic carbocycles. The number of alkyl halides is 3. The van der Waals surface area contributed by atoms with Gasteiger partial charge in [-0.05, 0) is 18.2 Å². The van der Waals surface area contributed by atoms with E-state index in [4.69, 9.17) is 0 Å². The number of methoxy groups -OCH3 is 1. The topological polar surface area (TPSA) is 26.3 Å². The first-order valence-electron chi connectivity index (χ1n) is 4.30. The van der Waals surface area contributed by atoms with Crippen molar-refractivity contribution in [2.75, 3.05) is 7.11 Å². The van der Waals surface area contributed by atoms with Crippen LogP contribution in [-0.4, -0.2) is 13.1 Å². The van der Waals surface area contributed by atoms with Crippen molar-refractivity contribution in [3.8, 4) is 11.8 Å². The molecule has 0 atom stereocenters. The van der Waals surface area contributed by atoms with Crippen LogP contribution in [0, 0.1) is 17.7 Å². The molecule has 0 saturated heterocycles. The zero-order valence-electron chi connectivity index (χ0n) is 8.56. The van der Waals surface area contributed by atoms with Gasteiger partial charge in [-0.25, -0.2) is 9.18 Å². The molecule has 0 fully saturated rings. The van der Waals surface area contributed by atoms with Gasteiger partial charge in [0.2, 0.25) is 0 Å². The van der Waals surface area contributed by atoms with Crippen LogP contribution in [0.25, 0.3) is 0 Å². The maximum absolute atomic E-state index is 12.9. The second-order valence-electron chi connectivity index (χ2n) is 2.97. The van der Waals surface area contributed by atoms with E-state index >= 15 is 0 Å². The Bertz CT molecular complexity index is 494. The highest BCUT2D eigenvalue weighted by atomic mass is 19.4. The summed E-state index contributed by atoms with van der Waals surface area (Å²) >= 11 is 0. The summed E-state index contributed by atoms with van der Waals surface area (Å²) in [6.45, 7) is 0. The molecule has 0 amide bonds.